The summed E-state index contributed by atoms with van der Waals surface area (Å²) < 4.78 is 13.7. The fourth-order valence-corrected chi connectivity index (χ4v) is 4.36. The molecule has 2 heterocycles. The number of hydrogen-bond donors (Lipinski definition) is 1. The van der Waals surface area contributed by atoms with Crippen molar-refractivity contribution in [2.75, 3.05) is 5.32 Å². The molecule has 0 atom stereocenters. The van der Waals surface area contributed by atoms with E-state index < -0.39 is 0 Å². The van der Waals surface area contributed by atoms with Crippen molar-refractivity contribution in [3.8, 4) is 0 Å². The van der Waals surface area contributed by atoms with Gasteiger partial charge < -0.3 is 0 Å². The number of anilines is 1. The van der Waals surface area contributed by atoms with Gasteiger partial charge in [-0.25, -0.2) is 9.37 Å². The Morgan fingerprint density at radius 3 is 2.92 bits per heavy atom. The molecule has 24 heavy (non-hydrogen) atoms. The van der Waals surface area contributed by atoms with Crippen molar-refractivity contribution in [1.29, 1.82) is 0 Å². The van der Waals surface area contributed by atoms with Crippen LogP contribution in [0, 0.1) is 5.82 Å². The number of nitrogens with one attached hydrogen (secondary N) is 1. The molecule has 3 aromatic rings. The Morgan fingerprint density at radius 1 is 1.29 bits per heavy atom. The highest BCUT2D eigenvalue weighted by atomic mass is 32.1. The number of halogens is 1. The molecule has 1 saturated carbocycles. The molecule has 1 aliphatic rings. The van der Waals surface area contributed by atoms with Gasteiger partial charge in [-0.3, -0.25) is 10.1 Å². The Morgan fingerprint density at radius 2 is 2.12 bits per heavy atom. The maximum atomic E-state index is 13.7. The Hall–Kier alpha value is -2.05. The van der Waals surface area contributed by atoms with Gasteiger partial charge in [0.1, 0.15) is 5.82 Å². The Bertz CT molecular complexity index is 883. The topological polar surface area (TPSA) is 42.0 Å². The van der Waals surface area contributed by atoms with E-state index in [-0.39, 0.29) is 11.7 Å². The third kappa shape index (κ3) is 3.25. The molecule has 1 aliphatic carbocycles. The summed E-state index contributed by atoms with van der Waals surface area (Å²) in [7, 11) is 0. The number of thiazole rings is 1. The number of nitrogens with zero attached hydrogens (tertiary/aromatic N) is 1. The van der Waals surface area contributed by atoms with E-state index in [1.54, 1.807) is 18.3 Å². The summed E-state index contributed by atoms with van der Waals surface area (Å²) in [5.41, 5.74) is 1.79. The molecule has 0 unspecified atom stereocenters. The predicted molar refractivity (Wildman–Crippen MR) is 95.6 cm³/mol. The minimum Gasteiger partial charge on any atom is -0.297 e. The van der Waals surface area contributed by atoms with E-state index in [2.05, 4.69) is 10.3 Å². The number of aromatic nitrogens is 1. The van der Waals surface area contributed by atoms with Crippen LogP contribution in [0.1, 0.15) is 44.4 Å². The van der Waals surface area contributed by atoms with Gasteiger partial charge in [-0.05, 0) is 47.4 Å². The molecule has 1 amide bonds. The molecule has 1 aromatic carbocycles. The number of carbonyl (C=O) groups excluding carboxylic acids is 1. The van der Waals surface area contributed by atoms with Crippen molar-refractivity contribution in [2.45, 2.75) is 25.2 Å². The second-order valence-corrected chi connectivity index (χ2v) is 7.86. The van der Waals surface area contributed by atoms with Gasteiger partial charge in [-0.15, -0.1) is 22.7 Å². The summed E-state index contributed by atoms with van der Waals surface area (Å²) >= 11 is 2.86. The number of amides is 1. The lowest BCUT2D eigenvalue weighted by molar-refractivity contribution is 0.102. The van der Waals surface area contributed by atoms with Crippen molar-refractivity contribution < 1.29 is 9.18 Å². The number of hydrogen-bond acceptors (Lipinski definition) is 4. The van der Waals surface area contributed by atoms with Gasteiger partial charge >= 0.3 is 0 Å². The van der Waals surface area contributed by atoms with Gasteiger partial charge in [0.05, 0.1) is 4.88 Å². The van der Waals surface area contributed by atoms with Crippen molar-refractivity contribution in [3.63, 3.8) is 0 Å². The molecular formula is C18H15FN2OS2. The molecule has 1 fully saturated rings. The second-order valence-electron chi connectivity index (χ2n) is 5.83. The van der Waals surface area contributed by atoms with Crippen LogP contribution in [0.3, 0.4) is 0 Å². The zero-order valence-electron chi connectivity index (χ0n) is 12.8. The molecule has 0 spiro atoms. The van der Waals surface area contributed by atoms with E-state index in [0.717, 1.165) is 15.3 Å². The van der Waals surface area contributed by atoms with Gasteiger partial charge in [0, 0.05) is 17.5 Å². The zero-order chi connectivity index (χ0) is 16.5. The monoisotopic (exact) mass is 358 g/mol. The highest BCUT2D eigenvalue weighted by molar-refractivity contribution is 7.16. The normalized spacial score (nSPS) is 13.9. The minimum atomic E-state index is -0.218. The summed E-state index contributed by atoms with van der Waals surface area (Å²) in [4.78, 5) is 18.4. The van der Waals surface area contributed by atoms with Crippen LogP contribution >= 0.6 is 22.7 Å². The largest absolute Gasteiger partial charge is 0.297 e. The van der Waals surface area contributed by atoms with Crippen LogP contribution in [0.4, 0.5) is 9.52 Å². The Balaban J connectivity index is 1.46. The maximum Gasteiger partial charge on any atom is 0.267 e. The molecule has 0 radical (unpaired) electrons. The highest BCUT2D eigenvalue weighted by Crippen LogP contribution is 2.43. The van der Waals surface area contributed by atoms with Gasteiger partial charge in [-0.2, -0.15) is 0 Å². The lowest BCUT2D eigenvalue weighted by Gasteiger charge is -2.02. The molecule has 6 heteroatoms. The van der Waals surface area contributed by atoms with Crippen LogP contribution in [0.15, 0.2) is 41.9 Å². The van der Waals surface area contributed by atoms with Crippen LogP contribution in [-0.4, -0.2) is 10.9 Å². The molecule has 0 aliphatic heterocycles. The van der Waals surface area contributed by atoms with Crippen molar-refractivity contribution in [3.05, 3.63) is 68.6 Å². The van der Waals surface area contributed by atoms with E-state index in [1.165, 1.54) is 41.6 Å². The number of benzene rings is 1. The fraction of sp³-hybridized carbons (Fsp3) is 0.222. The van der Waals surface area contributed by atoms with Gasteiger partial charge in [0.15, 0.2) is 5.13 Å². The van der Waals surface area contributed by atoms with E-state index in [1.807, 2.05) is 17.5 Å². The average Bonchev–Trinajstić information content (AvgIpc) is 3.13. The summed E-state index contributed by atoms with van der Waals surface area (Å²) in [6.07, 6.45) is 4.51. The Labute approximate surface area is 147 Å². The first-order chi connectivity index (χ1) is 11.7. The van der Waals surface area contributed by atoms with E-state index >= 15 is 0 Å². The molecule has 1 N–H and O–H groups in total. The molecular weight excluding hydrogens is 343 g/mol. The standard InChI is InChI=1S/C18H15FN2OS2/c19-15-4-2-1-3-12(15)9-13-10-20-18(24-13)21-17(22)16-14(7-8-23-16)11-5-6-11/h1-4,7-8,10-11H,5-6,9H2,(H,20,21,22). The average molecular weight is 358 g/mol. The fourth-order valence-electron chi connectivity index (χ4n) is 2.65. The van der Waals surface area contributed by atoms with Crippen molar-refractivity contribution in [1.82, 2.24) is 4.98 Å². The number of rotatable bonds is 5. The van der Waals surface area contributed by atoms with Crippen LogP contribution < -0.4 is 5.32 Å². The molecule has 3 nitrogen and oxygen atoms in total. The van der Waals surface area contributed by atoms with Crippen LogP contribution in [0.5, 0.6) is 0 Å². The van der Waals surface area contributed by atoms with Crippen LogP contribution in [-0.2, 0) is 6.42 Å². The van der Waals surface area contributed by atoms with E-state index in [4.69, 9.17) is 0 Å². The molecule has 0 bridgehead atoms. The van der Waals surface area contributed by atoms with E-state index in [0.29, 0.717) is 23.0 Å². The highest BCUT2D eigenvalue weighted by Gasteiger charge is 2.29. The quantitative estimate of drug-likeness (QED) is 0.692. The van der Waals surface area contributed by atoms with Crippen LogP contribution in [0.2, 0.25) is 0 Å². The lowest BCUT2D eigenvalue weighted by Crippen LogP contribution is -2.11. The van der Waals surface area contributed by atoms with Crippen molar-refractivity contribution in [2.24, 2.45) is 0 Å². The molecule has 2 aromatic heterocycles. The third-order valence-electron chi connectivity index (χ3n) is 4.02. The maximum absolute atomic E-state index is 13.7. The zero-order valence-corrected chi connectivity index (χ0v) is 14.4. The first-order valence-corrected chi connectivity index (χ1v) is 9.47. The molecule has 0 saturated heterocycles. The summed E-state index contributed by atoms with van der Waals surface area (Å²) in [6.45, 7) is 0. The SMILES string of the molecule is O=C(Nc1ncc(Cc2ccccc2F)s1)c1sccc1C1CC1. The molecule has 122 valence electrons. The first kappa shape index (κ1) is 15.5. The first-order valence-electron chi connectivity index (χ1n) is 7.77. The lowest BCUT2D eigenvalue weighted by atomic mass is 10.1. The van der Waals surface area contributed by atoms with Crippen molar-refractivity contribution >= 4 is 33.7 Å². The van der Waals surface area contributed by atoms with Crippen LogP contribution in [0.25, 0.3) is 0 Å². The smallest absolute Gasteiger partial charge is 0.267 e. The minimum absolute atomic E-state index is 0.0984. The molecule has 4 rings (SSSR count). The predicted octanol–water partition coefficient (Wildman–Crippen LogP) is 5.06. The number of thiophene rings is 1. The summed E-state index contributed by atoms with van der Waals surface area (Å²) in [5.74, 6) is 0.229. The van der Waals surface area contributed by atoms with Gasteiger partial charge in [-0.1, -0.05) is 18.2 Å². The Kier molecular flexibility index (Phi) is 4.16. The third-order valence-corrected chi connectivity index (χ3v) is 5.86. The second kappa shape index (κ2) is 6.45. The summed E-state index contributed by atoms with van der Waals surface area (Å²) in [6, 6.07) is 8.76. The van der Waals surface area contributed by atoms with E-state index in [9.17, 15) is 9.18 Å². The number of carbonyl (C=O) groups is 1. The van der Waals surface area contributed by atoms with Gasteiger partial charge in [0.2, 0.25) is 0 Å². The van der Waals surface area contributed by atoms with Gasteiger partial charge in [0.25, 0.3) is 5.91 Å². The summed E-state index contributed by atoms with van der Waals surface area (Å²) in [5, 5.41) is 5.40.